The Kier molecular flexibility index (Phi) is 4.22. The molecule has 0 aromatic heterocycles. The number of rotatable bonds is 4. The summed E-state index contributed by atoms with van der Waals surface area (Å²) in [6.45, 7) is 6.08. The second-order valence-corrected chi connectivity index (χ2v) is 3.89. The van der Waals surface area contributed by atoms with Gasteiger partial charge in [-0.25, -0.2) is 0 Å². The molecule has 2 N–H and O–H groups in total. The molecule has 1 rings (SSSR count). The van der Waals surface area contributed by atoms with Gasteiger partial charge < -0.3 is 10.6 Å². The number of hydrogen-bond donors (Lipinski definition) is 2. The van der Waals surface area contributed by atoms with Crippen LogP contribution in [0.1, 0.15) is 33.1 Å². The molecule has 2 unspecified atom stereocenters. The molecule has 13 heavy (non-hydrogen) atoms. The first-order chi connectivity index (χ1) is 6.24. The van der Waals surface area contributed by atoms with Crippen LogP contribution in [0.25, 0.3) is 0 Å². The highest BCUT2D eigenvalue weighted by atomic mass is 16.1. The third kappa shape index (κ3) is 3.35. The van der Waals surface area contributed by atoms with E-state index in [-0.39, 0.29) is 11.8 Å². The molecule has 2 atom stereocenters. The summed E-state index contributed by atoms with van der Waals surface area (Å²) in [5.74, 6) is 0.390. The zero-order valence-corrected chi connectivity index (χ0v) is 8.60. The molecule has 1 heterocycles. The van der Waals surface area contributed by atoms with Gasteiger partial charge in [0, 0.05) is 18.5 Å². The Morgan fingerprint density at radius 1 is 1.69 bits per heavy atom. The molecule has 0 spiro atoms. The summed E-state index contributed by atoms with van der Waals surface area (Å²) in [6.07, 6.45) is 3.15. The molecule has 3 nitrogen and oxygen atoms in total. The van der Waals surface area contributed by atoms with Crippen molar-refractivity contribution in [3.05, 3.63) is 0 Å². The van der Waals surface area contributed by atoms with Crippen molar-refractivity contribution < 1.29 is 4.79 Å². The van der Waals surface area contributed by atoms with Crippen molar-refractivity contribution in [2.45, 2.75) is 39.2 Å². The maximum Gasteiger partial charge on any atom is 0.223 e. The molecular formula is C10H20N2O. The van der Waals surface area contributed by atoms with Crippen molar-refractivity contribution in [3.8, 4) is 0 Å². The van der Waals surface area contributed by atoms with Gasteiger partial charge in [0.25, 0.3) is 0 Å². The molecule has 76 valence electrons. The van der Waals surface area contributed by atoms with Crippen LogP contribution in [0.5, 0.6) is 0 Å². The largest absolute Gasteiger partial charge is 0.352 e. The van der Waals surface area contributed by atoms with E-state index < -0.39 is 0 Å². The Morgan fingerprint density at radius 2 is 2.46 bits per heavy atom. The highest BCUT2D eigenvalue weighted by Crippen LogP contribution is 2.06. The van der Waals surface area contributed by atoms with Gasteiger partial charge in [0.15, 0.2) is 0 Å². The van der Waals surface area contributed by atoms with E-state index in [1.807, 2.05) is 6.92 Å². The second kappa shape index (κ2) is 5.22. The summed E-state index contributed by atoms with van der Waals surface area (Å²) in [5, 5.41) is 6.30. The lowest BCUT2D eigenvalue weighted by Gasteiger charge is -2.15. The second-order valence-electron chi connectivity index (χ2n) is 3.89. The molecule has 0 bridgehead atoms. The van der Waals surface area contributed by atoms with Gasteiger partial charge in [-0.3, -0.25) is 4.79 Å². The first kappa shape index (κ1) is 10.5. The van der Waals surface area contributed by atoms with Gasteiger partial charge >= 0.3 is 0 Å². The number of amides is 1. The lowest BCUT2D eigenvalue weighted by molar-refractivity contribution is -0.125. The van der Waals surface area contributed by atoms with E-state index in [1.165, 1.54) is 0 Å². The van der Waals surface area contributed by atoms with E-state index in [1.54, 1.807) is 0 Å². The van der Waals surface area contributed by atoms with Crippen molar-refractivity contribution in [1.82, 2.24) is 10.6 Å². The molecule has 0 aromatic carbocycles. The van der Waals surface area contributed by atoms with Gasteiger partial charge in [-0.05, 0) is 19.4 Å². The highest BCUT2D eigenvalue weighted by Gasteiger charge is 2.19. The van der Waals surface area contributed by atoms with Crippen LogP contribution in [0.15, 0.2) is 0 Å². The smallest absolute Gasteiger partial charge is 0.223 e. The standard InChI is InChI=1S/C10H20N2O/c1-3-4-8(2)10(13)12-9-5-6-11-7-9/h8-9,11H,3-7H2,1-2H3,(H,12,13). The minimum absolute atomic E-state index is 0.172. The van der Waals surface area contributed by atoms with E-state index in [4.69, 9.17) is 0 Å². The van der Waals surface area contributed by atoms with E-state index >= 15 is 0 Å². The first-order valence-corrected chi connectivity index (χ1v) is 5.25. The number of carbonyl (C=O) groups is 1. The number of nitrogens with one attached hydrogen (secondary N) is 2. The molecule has 1 aliphatic rings. The van der Waals surface area contributed by atoms with E-state index in [9.17, 15) is 4.79 Å². The minimum atomic E-state index is 0.172. The SMILES string of the molecule is CCCC(C)C(=O)NC1CCNC1. The zero-order chi connectivity index (χ0) is 9.68. The monoisotopic (exact) mass is 184 g/mol. The maximum absolute atomic E-state index is 11.6. The lowest BCUT2D eigenvalue weighted by atomic mass is 10.0. The van der Waals surface area contributed by atoms with Gasteiger partial charge in [-0.1, -0.05) is 20.3 Å². The summed E-state index contributed by atoms with van der Waals surface area (Å²) < 4.78 is 0. The van der Waals surface area contributed by atoms with Crippen molar-refractivity contribution in [3.63, 3.8) is 0 Å². The van der Waals surface area contributed by atoms with Crippen LogP contribution in [0.4, 0.5) is 0 Å². The molecule has 0 saturated carbocycles. The van der Waals surface area contributed by atoms with Crippen LogP contribution < -0.4 is 10.6 Å². The van der Waals surface area contributed by atoms with Gasteiger partial charge in [-0.2, -0.15) is 0 Å². The van der Waals surface area contributed by atoms with Crippen molar-refractivity contribution >= 4 is 5.91 Å². The van der Waals surface area contributed by atoms with Crippen LogP contribution in [0.2, 0.25) is 0 Å². The number of hydrogen-bond acceptors (Lipinski definition) is 2. The summed E-state index contributed by atoms with van der Waals surface area (Å²) in [4.78, 5) is 11.6. The Balaban J connectivity index is 2.22. The predicted molar refractivity (Wildman–Crippen MR) is 53.5 cm³/mol. The van der Waals surface area contributed by atoms with Crippen LogP contribution in [-0.4, -0.2) is 25.0 Å². The molecule has 1 amide bonds. The normalized spacial score (nSPS) is 24.3. The first-order valence-electron chi connectivity index (χ1n) is 5.25. The van der Waals surface area contributed by atoms with Crippen molar-refractivity contribution in [1.29, 1.82) is 0 Å². The molecule has 0 aromatic rings. The Bertz CT molecular complexity index is 164. The fourth-order valence-corrected chi connectivity index (χ4v) is 1.69. The van der Waals surface area contributed by atoms with Gasteiger partial charge in [-0.15, -0.1) is 0 Å². The lowest BCUT2D eigenvalue weighted by Crippen LogP contribution is -2.39. The molecule has 0 radical (unpaired) electrons. The fraction of sp³-hybridized carbons (Fsp3) is 0.900. The maximum atomic E-state index is 11.6. The third-order valence-corrected chi connectivity index (χ3v) is 2.58. The van der Waals surface area contributed by atoms with E-state index in [0.717, 1.165) is 32.4 Å². The average Bonchev–Trinajstić information content (AvgIpc) is 2.57. The van der Waals surface area contributed by atoms with Gasteiger partial charge in [0.1, 0.15) is 0 Å². The minimum Gasteiger partial charge on any atom is -0.352 e. The zero-order valence-electron chi connectivity index (χ0n) is 8.60. The topological polar surface area (TPSA) is 41.1 Å². The van der Waals surface area contributed by atoms with Crippen LogP contribution in [0.3, 0.4) is 0 Å². The molecule has 0 aliphatic carbocycles. The Hall–Kier alpha value is -0.570. The van der Waals surface area contributed by atoms with Crippen LogP contribution in [0, 0.1) is 5.92 Å². The fourth-order valence-electron chi connectivity index (χ4n) is 1.69. The van der Waals surface area contributed by atoms with Crippen LogP contribution in [-0.2, 0) is 4.79 Å². The summed E-state index contributed by atoms with van der Waals surface area (Å²) in [5.41, 5.74) is 0. The summed E-state index contributed by atoms with van der Waals surface area (Å²) in [7, 11) is 0. The van der Waals surface area contributed by atoms with Gasteiger partial charge in [0.05, 0.1) is 0 Å². The summed E-state index contributed by atoms with van der Waals surface area (Å²) in [6, 6.07) is 0.367. The predicted octanol–water partition coefficient (Wildman–Crippen LogP) is 0.901. The molecule has 3 heteroatoms. The highest BCUT2D eigenvalue weighted by molar-refractivity contribution is 5.78. The molecule has 1 aliphatic heterocycles. The Morgan fingerprint density at radius 3 is 3.00 bits per heavy atom. The summed E-state index contributed by atoms with van der Waals surface area (Å²) >= 11 is 0. The molecular weight excluding hydrogens is 164 g/mol. The van der Waals surface area contributed by atoms with Crippen molar-refractivity contribution in [2.75, 3.05) is 13.1 Å². The third-order valence-electron chi connectivity index (χ3n) is 2.58. The van der Waals surface area contributed by atoms with Gasteiger partial charge in [0.2, 0.25) is 5.91 Å². The number of carbonyl (C=O) groups excluding carboxylic acids is 1. The van der Waals surface area contributed by atoms with Crippen molar-refractivity contribution in [2.24, 2.45) is 5.92 Å². The average molecular weight is 184 g/mol. The molecule has 1 saturated heterocycles. The van der Waals surface area contributed by atoms with E-state index in [2.05, 4.69) is 17.6 Å². The molecule has 1 fully saturated rings. The Labute approximate surface area is 80.3 Å². The van der Waals surface area contributed by atoms with Crippen LogP contribution >= 0.6 is 0 Å². The quantitative estimate of drug-likeness (QED) is 0.681. The van der Waals surface area contributed by atoms with E-state index in [0.29, 0.717) is 6.04 Å².